The number of halogens is 1. The van der Waals surface area contributed by atoms with Crippen LogP contribution in [0, 0.1) is 12.7 Å². The maximum Gasteiger partial charge on any atom is 0.250 e. The molecule has 0 radical (unpaired) electrons. The molecule has 0 bridgehead atoms. The third-order valence-corrected chi connectivity index (χ3v) is 3.56. The number of hydrogen-bond acceptors (Lipinski definition) is 2. The van der Waals surface area contributed by atoms with E-state index < -0.39 is 5.54 Å². The SMILES string of the molecule is Cc1cc2c(cc1F)NC(=O)C1(CCC1)N2. The molecule has 1 saturated carbocycles. The summed E-state index contributed by atoms with van der Waals surface area (Å²) in [6.07, 6.45) is 2.78. The predicted octanol–water partition coefficient (Wildman–Crippen LogP) is 2.42. The Morgan fingerprint density at radius 3 is 2.69 bits per heavy atom. The van der Waals surface area contributed by atoms with Crippen molar-refractivity contribution in [2.24, 2.45) is 0 Å². The van der Waals surface area contributed by atoms with E-state index in [-0.39, 0.29) is 11.7 Å². The maximum absolute atomic E-state index is 13.3. The third-order valence-electron chi connectivity index (χ3n) is 3.56. The van der Waals surface area contributed by atoms with E-state index in [1.54, 1.807) is 13.0 Å². The van der Waals surface area contributed by atoms with E-state index in [2.05, 4.69) is 10.6 Å². The van der Waals surface area contributed by atoms with Gasteiger partial charge >= 0.3 is 0 Å². The van der Waals surface area contributed by atoms with E-state index in [9.17, 15) is 9.18 Å². The lowest BCUT2D eigenvalue weighted by Crippen LogP contribution is -2.57. The molecule has 2 aliphatic rings. The van der Waals surface area contributed by atoms with E-state index in [4.69, 9.17) is 0 Å². The highest BCUT2D eigenvalue weighted by Gasteiger charge is 2.46. The monoisotopic (exact) mass is 220 g/mol. The van der Waals surface area contributed by atoms with Crippen molar-refractivity contribution in [1.82, 2.24) is 0 Å². The van der Waals surface area contributed by atoms with Crippen LogP contribution < -0.4 is 10.6 Å². The number of fused-ring (bicyclic) bond motifs is 1. The molecule has 1 spiro atoms. The van der Waals surface area contributed by atoms with Crippen LogP contribution in [0.15, 0.2) is 12.1 Å². The van der Waals surface area contributed by atoms with Crippen LogP contribution in [0.2, 0.25) is 0 Å². The van der Waals surface area contributed by atoms with Gasteiger partial charge in [0, 0.05) is 0 Å². The number of carbonyl (C=O) groups excluding carboxylic acids is 1. The van der Waals surface area contributed by atoms with Crippen LogP contribution in [-0.2, 0) is 4.79 Å². The van der Waals surface area contributed by atoms with Crippen LogP contribution in [-0.4, -0.2) is 11.4 Å². The van der Waals surface area contributed by atoms with E-state index in [1.165, 1.54) is 6.07 Å². The normalized spacial score (nSPS) is 20.8. The van der Waals surface area contributed by atoms with Gasteiger partial charge < -0.3 is 10.6 Å². The highest BCUT2D eigenvalue weighted by molar-refractivity contribution is 6.06. The molecule has 2 N–H and O–H groups in total. The lowest BCUT2D eigenvalue weighted by molar-refractivity contribution is -0.123. The Hall–Kier alpha value is -1.58. The lowest BCUT2D eigenvalue weighted by Gasteiger charge is -2.45. The van der Waals surface area contributed by atoms with Gasteiger partial charge in [-0.25, -0.2) is 4.39 Å². The molecule has 1 amide bonds. The van der Waals surface area contributed by atoms with Gasteiger partial charge in [-0.05, 0) is 43.9 Å². The van der Waals surface area contributed by atoms with Crippen LogP contribution in [0.25, 0.3) is 0 Å². The maximum atomic E-state index is 13.3. The summed E-state index contributed by atoms with van der Waals surface area (Å²) < 4.78 is 13.3. The zero-order valence-corrected chi connectivity index (χ0v) is 9.06. The van der Waals surface area contributed by atoms with Crippen molar-refractivity contribution in [3.63, 3.8) is 0 Å². The number of nitrogens with one attached hydrogen (secondary N) is 2. The van der Waals surface area contributed by atoms with Gasteiger partial charge in [0.2, 0.25) is 5.91 Å². The van der Waals surface area contributed by atoms with Gasteiger partial charge in [-0.1, -0.05) is 0 Å². The number of hydrogen-bond donors (Lipinski definition) is 2. The summed E-state index contributed by atoms with van der Waals surface area (Å²) in [4.78, 5) is 11.9. The van der Waals surface area contributed by atoms with Gasteiger partial charge in [0.15, 0.2) is 0 Å². The van der Waals surface area contributed by atoms with Gasteiger partial charge in [0.1, 0.15) is 11.4 Å². The Morgan fingerprint density at radius 1 is 1.31 bits per heavy atom. The largest absolute Gasteiger partial charge is 0.370 e. The van der Waals surface area contributed by atoms with Crippen molar-refractivity contribution in [2.45, 2.75) is 31.7 Å². The highest BCUT2D eigenvalue weighted by atomic mass is 19.1. The summed E-state index contributed by atoms with van der Waals surface area (Å²) in [6.45, 7) is 1.72. The third kappa shape index (κ3) is 1.16. The molecule has 0 atom stereocenters. The van der Waals surface area contributed by atoms with E-state index in [1.807, 2.05) is 0 Å². The first-order valence-electron chi connectivity index (χ1n) is 5.50. The number of rotatable bonds is 0. The molecular formula is C12H13FN2O. The molecule has 1 aliphatic carbocycles. The van der Waals surface area contributed by atoms with Gasteiger partial charge in [-0.2, -0.15) is 0 Å². The molecule has 3 rings (SSSR count). The van der Waals surface area contributed by atoms with Crippen LogP contribution in [0.3, 0.4) is 0 Å². The second-order valence-corrected chi connectivity index (χ2v) is 4.66. The van der Waals surface area contributed by atoms with E-state index >= 15 is 0 Å². The fraction of sp³-hybridized carbons (Fsp3) is 0.417. The Labute approximate surface area is 93.0 Å². The van der Waals surface area contributed by atoms with E-state index in [0.29, 0.717) is 11.3 Å². The second-order valence-electron chi connectivity index (χ2n) is 4.66. The predicted molar refractivity (Wildman–Crippen MR) is 60.0 cm³/mol. The van der Waals surface area contributed by atoms with E-state index in [0.717, 1.165) is 24.9 Å². The molecule has 3 nitrogen and oxygen atoms in total. The molecule has 0 saturated heterocycles. The number of carbonyl (C=O) groups is 1. The van der Waals surface area contributed by atoms with Gasteiger partial charge in [0.05, 0.1) is 11.4 Å². The molecule has 1 aromatic rings. The first-order chi connectivity index (χ1) is 7.61. The molecule has 84 valence electrons. The van der Waals surface area contributed by atoms with Crippen molar-refractivity contribution in [1.29, 1.82) is 0 Å². The van der Waals surface area contributed by atoms with Crippen LogP contribution >= 0.6 is 0 Å². The molecule has 0 aromatic heterocycles. The quantitative estimate of drug-likeness (QED) is 0.705. The van der Waals surface area contributed by atoms with Crippen LogP contribution in [0.1, 0.15) is 24.8 Å². The molecule has 16 heavy (non-hydrogen) atoms. The smallest absolute Gasteiger partial charge is 0.250 e. The number of aryl methyl sites for hydroxylation is 1. The molecular weight excluding hydrogens is 207 g/mol. The fourth-order valence-corrected chi connectivity index (χ4v) is 2.33. The summed E-state index contributed by atoms with van der Waals surface area (Å²) in [7, 11) is 0. The Kier molecular flexibility index (Phi) is 1.79. The van der Waals surface area contributed by atoms with Gasteiger partial charge in [0.25, 0.3) is 0 Å². The molecule has 1 aromatic carbocycles. The average Bonchev–Trinajstić information content (AvgIpc) is 2.17. The van der Waals surface area contributed by atoms with Gasteiger partial charge in [-0.3, -0.25) is 4.79 Å². The van der Waals surface area contributed by atoms with Crippen LogP contribution in [0.5, 0.6) is 0 Å². The molecule has 1 aliphatic heterocycles. The lowest BCUT2D eigenvalue weighted by atomic mass is 9.74. The number of amides is 1. The fourth-order valence-electron chi connectivity index (χ4n) is 2.33. The summed E-state index contributed by atoms with van der Waals surface area (Å²) in [5.41, 5.74) is 1.54. The first-order valence-corrected chi connectivity index (χ1v) is 5.50. The van der Waals surface area contributed by atoms with Crippen molar-refractivity contribution >= 4 is 17.3 Å². The topological polar surface area (TPSA) is 41.1 Å². The summed E-state index contributed by atoms with van der Waals surface area (Å²) in [5.74, 6) is -0.320. The zero-order valence-electron chi connectivity index (χ0n) is 9.06. The van der Waals surface area contributed by atoms with Crippen molar-refractivity contribution in [3.8, 4) is 0 Å². The Bertz CT molecular complexity index is 480. The summed E-state index contributed by atoms with van der Waals surface area (Å²) >= 11 is 0. The first kappa shape index (κ1) is 9.63. The minimum Gasteiger partial charge on any atom is -0.370 e. The average molecular weight is 220 g/mol. The number of anilines is 2. The minimum absolute atomic E-state index is 0.0329. The second kappa shape index (κ2) is 2.97. The molecule has 4 heteroatoms. The van der Waals surface area contributed by atoms with Crippen molar-refractivity contribution < 1.29 is 9.18 Å². The standard InChI is InChI=1S/C12H13FN2O/c1-7-5-10-9(6-8(7)13)14-11(16)12(15-10)3-2-4-12/h5-6,15H,2-4H2,1H3,(H,14,16). The van der Waals surface area contributed by atoms with Crippen molar-refractivity contribution in [3.05, 3.63) is 23.5 Å². The van der Waals surface area contributed by atoms with Crippen LogP contribution in [0.4, 0.5) is 15.8 Å². The van der Waals surface area contributed by atoms with Gasteiger partial charge in [-0.15, -0.1) is 0 Å². The Morgan fingerprint density at radius 2 is 2.06 bits per heavy atom. The summed E-state index contributed by atoms with van der Waals surface area (Å²) in [5, 5.41) is 6.03. The number of benzene rings is 1. The molecule has 1 heterocycles. The Balaban J connectivity index is 2.05. The minimum atomic E-state index is -0.433. The molecule has 0 unspecified atom stereocenters. The zero-order chi connectivity index (χ0) is 11.3. The van der Waals surface area contributed by atoms with Crippen molar-refractivity contribution in [2.75, 3.05) is 10.6 Å². The molecule has 1 fully saturated rings. The summed E-state index contributed by atoms with van der Waals surface area (Å²) in [6, 6.07) is 3.13. The highest BCUT2D eigenvalue weighted by Crippen LogP contribution is 2.42.